The first-order chi connectivity index (χ1) is 13.4. The number of benzene rings is 2. The van der Waals surface area contributed by atoms with Crippen LogP contribution in [-0.2, 0) is 4.79 Å². The van der Waals surface area contributed by atoms with Crippen molar-refractivity contribution in [1.82, 2.24) is 4.90 Å². The first kappa shape index (κ1) is 21.8. The first-order valence-corrected chi connectivity index (χ1v) is 9.86. The van der Waals surface area contributed by atoms with E-state index >= 15 is 0 Å². The molecule has 0 aliphatic rings. The molecule has 5 heteroatoms. The summed E-state index contributed by atoms with van der Waals surface area (Å²) in [6.45, 7) is 5.68. The molecule has 0 bridgehead atoms. The summed E-state index contributed by atoms with van der Waals surface area (Å²) in [5.41, 5.74) is 1.20. The van der Waals surface area contributed by atoms with Gasteiger partial charge in [0.25, 0.3) is 0 Å². The third-order valence-electron chi connectivity index (χ3n) is 4.24. The molecule has 2 aromatic rings. The summed E-state index contributed by atoms with van der Waals surface area (Å²) in [4.78, 5) is 27.6. The number of ketones is 2. The Hall–Kier alpha value is -2.46. The zero-order valence-electron chi connectivity index (χ0n) is 16.3. The van der Waals surface area contributed by atoms with Crippen molar-refractivity contribution < 1.29 is 14.0 Å². The van der Waals surface area contributed by atoms with Crippen LogP contribution in [0.15, 0.2) is 54.7 Å². The topological polar surface area (TPSA) is 37.4 Å². The van der Waals surface area contributed by atoms with Gasteiger partial charge in [-0.2, -0.15) is 0 Å². The van der Waals surface area contributed by atoms with Crippen molar-refractivity contribution in [1.29, 1.82) is 0 Å². The van der Waals surface area contributed by atoms with Gasteiger partial charge in [-0.25, -0.2) is 4.39 Å². The second-order valence-corrected chi connectivity index (χ2v) is 7.06. The van der Waals surface area contributed by atoms with Crippen molar-refractivity contribution in [3.8, 4) is 0 Å². The fourth-order valence-electron chi connectivity index (χ4n) is 2.97. The Bertz CT molecular complexity index is 857. The maximum atomic E-state index is 13.8. The van der Waals surface area contributed by atoms with Gasteiger partial charge in [0.05, 0.1) is 6.42 Å². The van der Waals surface area contributed by atoms with E-state index in [0.29, 0.717) is 21.7 Å². The molecule has 0 aromatic heterocycles. The minimum Gasteiger partial charge on any atom is -0.377 e. The zero-order valence-corrected chi connectivity index (χ0v) is 17.0. The predicted octanol–water partition coefficient (Wildman–Crippen LogP) is 5.78. The molecule has 0 heterocycles. The Morgan fingerprint density at radius 3 is 2.25 bits per heavy atom. The molecule has 0 N–H and O–H groups in total. The number of hydrogen-bond acceptors (Lipinski definition) is 3. The molecule has 28 heavy (non-hydrogen) atoms. The monoisotopic (exact) mass is 401 g/mol. The maximum Gasteiger partial charge on any atom is 0.172 e. The van der Waals surface area contributed by atoms with E-state index in [1.54, 1.807) is 42.6 Å². The van der Waals surface area contributed by atoms with E-state index in [0.717, 1.165) is 25.9 Å². The van der Waals surface area contributed by atoms with Crippen LogP contribution in [0.1, 0.15) is 49.0 Å². The molecule has 0 saturated heterocycles. The van der Waals surface area contributed by atoms with Crippen LogP contribution < -0.4 is 0 Å². The summed E-state index contributed by atoms with van der Waals surface area (Å²) < 4.78 is 13.8. The lowest BCUT2D eigenvalue weighted by Crippen LogP contribution is -2.21. The van der Waals surface area contributed by atoms with Crippen LogP contribution in [-0.4, -0.2) is 29.6 Å². The summed E-state index contributed by atoms with van der Waals surface area (Å²) in [6.07, 6.45) is 3.30. The van der Waals surface area contributed by atoms with Gasteiger partial charge in [0.15, 0.2) is 11.6 Å². The summed E-state index contributed by atoms with van der Waals surface area (Å²) in [6, 6.07) is 12.4. The van der Waals surface area contributed by atoms with Crippen LogP contribution in [0.3, 0.4) is 0 Å². The van der Waals surface area contributed by atoms with E-state index in [2.05, 4.69) is 13.8 Å². The van der Waals surface area contributed by atoms with Crippen LogP contribution in [0.25, 0.3) is 5.57 Å². The van der Waals surface area contributed by atoms with Crippen molar-refractivity contribution in [2.75, 3.05) is 13.1 Å². The Kier molecular flexibility index (Phi) is 8.40. The predicted molar refractivity (Wildman–Crippen MR) is 112 cm³/mol. The molecule has 0 radical (unpaired) electrons. The number of Topliss-reactive ketones (excluding diaryl/α,β-unsaturated/α-hetero) is 2. The largest absolute Gasteiger partial charge is 0.377 e. The molecule has 0 atom stereocenters. The van der Waals surface area contributed by atoms with E-state index in [4.69, 9.17) is 11.6 Å². The number of carbonyl (C=O) groups excluding carboxylic acids is 2. The van der Waals surface area contributed by atoms with Gasteiger partial charge in [-0.1, -0.05) is 49.7 Å². The summed E-state index contributed by atoms with van der Waals surface area (Å²) in [5, 5.41) is 0.441. The number of halogens is 2. The Morgan fingerprint density at radius 1 is 1.00 bits per heavy atom. The lowest BCUT2D eigenvalue weighted by Gasteiger charge is -2.21. The van der Waals surface area contributed by atoms with E-state index in [1.165, 1.54) is 12.1 Å². The number of nitrogens with zero attached hydrogens (tertiary/aromatic N) is 1. The molecule has 0 fully saturated rings. The summed E-state index contributed by atoms with van der Waals surface area (Å²) >= 11 is 5.94. The van der Waals surface area contributed by atoms with Gasteiger partial charge >= 0.3 is 0 Å². The van der Waals surface area contributed by atoms with Crippen molar-refractivity contribution in [3.63, 3.8) is 0 Å². The molecule has 0 unspecified atom stereocenters. The minimum atomic E-state index is -0.421. The molecular formula is C23H25ClFNO2. The van der Waals surface area contributed by atoms with Crippen molar-refractivity contribution in [2.24, 2.45) is 0 Å². The van der Waals surface area contributed by atoms with Crippen LogP contribution in [0.5, 0.6) is 0 Å². The highest BCUT2D eigenvalue weighted by molar-refractivity contribution is 6.31. The Balaban J connectivity index is 2.34. The van der Waals surface area contributed by atoms with Crippen molar-refractivity contribution >= 4 is 28.7 Å². The minimum absolute atomic E-state index is 0.297. The van der Waals surface area contributed by atoms with Gasteiger partial charge in [-0.05, 0) is 42.7 Å². The van der Waals surface area contributed by atoms with Gasteiger partial charge in [0.2, 0.25) is 0 Å². The molecule has 2 rings (SSSR count). The Morgan fingerprint density at radius 2 is 1.64 bits per heavy atom. The van der Waals surface area contributed by atoms with E-state index < -0.39 is 5.82 Å². The number of rotatable bonds is 10. The van der Waals surface area contributed by atoms with Crippen LogP contribution >= 0.6 is 11.6 Å². The van der Waals surface area contributed by atoms with Crippen LogP contribution in [0, 0.1) is 5.82 Å². The molecule has 2 aromatic carbocycles. The van der Waals surface area contributed by atoms with Crippen LogP contribution in [0.2, 0.25) is 5.02 Å². The van der Waals surface area contributed by atoms with E-state index in [9.17, 15) is 14.0 Å². The van der Waals surface area contributed by atoms with Crippen molar-refractivity contribution in [2.45, 2.75) is 33.1 Å². The summed E-state index contributed by atoms with van der Waals surface area (Å²) in [7, 11) is 0. The van der Waals surface area contributed by atoms with E-state index in [1.807, 2.05) is 4.90 Å². The van der Waals surface area contributed by atoms with Gasteiger partial charge in [-0.3, -0.25) is 9.59 Å². The molecule has 0 aliphatic carbocycles. The second-order valence-electron chi connectivity index (χ2n) is 6.62. The number of hydrogen-bond donors (Lipinski definition) is 0. The fraction of sp³-hybridized carbons (Fsp3) is 0.304. The smallest absolute Gasteiger partial charge is 0.172 e. The third kappa shape index (κ3) is 6.31. The highest BCUT2D eigenvalue weighted by atomic mass is 35.5. The molecule has 3 nitrogen and oxygen atoms in total. The normalized spacial score (nSPS) is 11.4. The highest BCUT2D eigenvalue weighted by Crippen LogP contribution is 2.21. The molecule has 0 amide bonds. The lowest BCUT2D eigenvalue weighted by atomic mass is 9.96. The SMILES string of the molecule is CCCN(/C=C(/C(=O)CC(=O)c1cccc(Cl)c1)c1cccc(F)c1)CCC. The first-order valence-electron chi connectivity index (χ1n) is 9.48. The van der Waals surface area contributed by atoms with Gasteiger partial charge in [-0.15, -0.1) is 0 Å². The maximum absolute atomic E-state index is 13.8. The summed E-state index contributed by atoms with van der Waals surface area (Å²) in [5.74, 6) is -1.07. The van der Waals surface area contributed by atoms with E-state index in [-0.39, 0.29) is 18.0 Å². The molecule has 0 saturated carbocycles. The average Bonchev–Trinajstić information content (AvgIpc) is 2.66. The van der Waals surface area contributed by atoms with Crippen molar-refractivity contribution in [3.05, 3.63) is 76.7 Å². The van der Waals surface area contributed by atoms with Crippen LogP contribution in [0.4, 0.5) is 4.39 Å². The molecular weight excluding hydrogens is 377 g/mol. The standard InChI is InChI=1S/C23H25ClFNO2/c1-3-11-26(12-4-2)16-21(17-7-6-10-20(25)14-17)23(28)15-22(27)18-8-5-9-19(24)13-18/h5-10,13-14,16H,3-4,11-12,15H2,1-2H3/b21-16+. The molecule has 0 aliphatic heterocycles. The lowest BCUT2D eigenvalue weighted by molar-refractivity contribution is -0.113. The Labute approximate surface area is 170 Å². The quantitative estimate of drug-likeness (QED) is 0.287. The highest BCUT2D eigenvalue weighted by Gasteiger charge is 2.19. The second kappa shape index (κ2) is 10.8. The number of allylic oxidation sites excluding steroid dienone is 1. The molecule has 148 valence electrons. The third-order valence-corrected chi connectivity index (χ3v) is 4.47. The zero-order chi connectivity index (χ0) is 20.5. The fourth-order valence-corrected chi connectivity index (χ4v) is 3.16. The molecule has 0 spiro atoms. The van der Waals surface area contributed by atoms with Gasteiger partial charge < -0.3 is 4.90 Å². The number of carbonyl (C=O) groups is 2. The average molecular weight is 402 g/mol. The van der Waals surface area contributed by atoms with Gasteiger partial charge in [0, 0.05) is 35.4 Å². The van der Waals surface area contributed by atoms with Gasteiger partial charge in [0.1, 0.15) is 5.82 Å².